The van der Waals surface area contributed by atoms with Crippen LogP contribution in [0.1, 0.15) is 50.8 Å². The summed E-state index contributed by atoms with van der Waals surface area (Å²) < 4.78 is 14.9. The van der Waals surface area contributed by atoms with Gasteiger partial charge in [0, 0.05) is 4.88 Å². The number of amides is 1. The fraction of sp³-hybridized carbons (Fsp3) is 0.238. The molecule has 0 aliphatic heterocycles. The van der Waals surface area contributed by atoms with E-state index in [2.05, 4.69) is 10.5 Å². The molecule has 0 saturated carbocycles. The predicted molar refractivity (Wildman–Crippen MR) is 111 cm³/mol. The minimum Gasteiger partial charge on any atom is -0.462 e. The molecule has 0 unspecified atom stereocenters. The van der Waals surface area contributed by atoms with Crippen LogP contribution >= 0.6 is 11.3 Å². The van der Waals surface area contributed by atoms with E-state index in [1.165, 1.54) is 11.3 Å². The Morgan fingerprint density at radius 3 is 2.33 bits per heavy atom. The fourth-order valence-corrected chi connectivity index (χ4v) is 3.60. The van der Waals surface area contributed by atoms with Gasteiger partial charge in [-0.3, -0.25) is 4.79 Å². The molecule has 0 aliphatic rings. The van der Waals surface area contributed by atoms with Gasteiger partial charge in [0.1, 0.15) is 11.3 Å². The van der Waals surface area contributed by atoms with Crippen LogP contribution in [0.5, 0.6) is 0 Å². The van der Waals surface area contributed by atoms with Crippen molar-refractivity contribution in [2.45, 2.75) is 20.8 Å². The molecule has 1 amide bonds. The van der Waals surface area contributed by atoms with Gasteiger partial charge < -0.3 is 19.3 Å². The van der Waals surface area contributed by atoms with Gasteiger partial charge in [-0.05, 0) is 50.6 Å². The van der Waals surface area contributed by atoms with E-state index in [0.717, 1.165) is 10.4 Å². The van der Waals surface area contributed by atoms with Crippen molar-refractivity contribution in [3.63, 3.8) is 0 Å². The van der Waals surface area contributed by atoms with Crippen LogP contribution in [0.2, 0.25) is 0 Å². The summed E-state index contributed by atoms with van der Waals surface area (Å²) in [6.07, 6.45) is 0. The Labute approximate surface area is 176 Å². The third-order valence-corrected chi connectivity index (χ3v) is 5.13. The normalized spacial score (nSPS) is 10.5. The lowest BCUT2D eigenvalue weighted by Crippen LogP contribution is -2.17. The number of rotatable bonds is 7. The van der Waals surface area contributed by atoms with Crippen molar-refractivity contribution in [1.82, 2.24) is 5.16 Å². The van der Waals surface area contributed by atoms with Gasteiger partial charge in [-0.15, -0.1) is 11.3 Å². The van der Waals surface area contributed by atoms with E-state index in [0.29, 0.717) is 17.2 Å². The number of hydrogen-bond donors (Lipinski definition) is 1. The molecular weight excluding hydrogens is 408 g/mol. The third-order valence-electron chi connectivity index (χ3n) is 4.08. The Morgan fingerprint density at radius 1 is 1.00 bits per heavy atom. The Bertz CT molecular complexity index is 1070. The standard InChI is InChI=1S/C21H20N2O6S/c1-4-27-20(25)14-8-6-13(7-9-14)15-10-11-16(30-15)22-19(24)17-12(3)29-23-18(17)21(26)28-5-2/h6-11H,4-5H2,1-3H3,(H,22,24). The maximum absolute atomic E-state index is 12.7. The van der Waals surface area contributed by atoms with Crippen LogP contribution in [-0.2, 0) is 9.47 Å². The largest absolute Gasteiger partial charge is 0.462 e. The van der Waals surface area contributed by atoms with Gasteiger partial charge in [-0.25, -0.2) is 9.59 Å². The molecule has 0 atom stereocenters. The van der Waals surface area contributed by atoms with Crippen molar-refractivity contribution in [3.05, 3.63) is 59.0 Å². The van der Waals surface area contributed by atoms with E-state index >= 15 is 0 Å². The maximum atomic E-state index is 12.7. The van der Waals surface area contributed by atoms with Crippen LogP contribution < -0.4 is 5.32 Å². The van der Waals surface area contributed by atoms with Crippen molar-refractivity contribution in [1.29, 1.82) is 0 Å². The minimum atomic E-state index is -0.715. The number of nitrogens with one attached hydrogen (secondary N) is 1. The average Bonchev–Trinajstić information content (AvgIpc) is 3.35. The summed E-state index contributed by atoms with van der Waals surface area (Å²) in [7, 11) is 0. The molecular formula is C21H20N2O6S. The molecule has 156 valence electrons. The summed E-state index contributed by atoms with van der Waals surface area (Å²) >= 11 is 1.35. The molecule has 9 heteroatoms. The number of hydrogen-bond acceptors (Lipinski definition) is 8. The first-order valence-corrected chi connectivity index (χ1v) is 10.1. The number of benzene rings is 1. The molecule has 0 spiro atoms. The molecule has 1 N–H and O–H groups in total. The highest BCUT2D eigenvalue weighted by molar-refractivity contribution is 7.19. The SMILES string of the molecule is CCOC(=O)c1ccc(-c2ccc(NC(=O)c3c(C(=O)OCC)noc3C)s2)cc1. The molecule has 3 aromatic rings. The molecule has 2 aromatic heterocycles. The first-order chi connectivity index (χ1) is 14.4. The molecule has 0 aliphatic carbocycles. The number of aromatic nitrogens is 1. The van der Waals surface area contributed by atoms with E-state index < -0.39 is 11.9 Å². The minimum absolute atomic E-state index is 0.0437. The van der Waals surface area contributed by atoms with Gasteiger partial charge >= 0.3 is 11.9 Å². The number of esters is 2. The zero-order valence-electron chi connectivity index (χ0n) is 16.7. The molecule has 3 rings (SSSR count). The van der Waals surface area contributed by atoms with Gasteiger partial charge in [0.2, 0.25) is 5.69 Å². The molecule has 0 fully saturated rings. The maximum Gasteiger partial charge on any atom is 0.361 e. The Kier molecular flexibility index (Phi) is 6.63. The molecule has 1 aromatic carbocycles. The second-order valence-corrected chi connectivity index (χ2v) is 7.18. The van der Waals surface area contributed by atoms with Crippen LogP contribution in [0.25, 0.3) is 10.4 Å². The molecule has 30 heavy (non-hydrogen) atoms. The zero-order valence-corrected chi connectivity index (χ0v) is 17.5. The number of thiophene rings is 1. The average molecular weight is 428 g/mol. The highest BCUT2D eigenvalue weighted by atomic mass is 32.1. The topological polar surface area (TPSA) is 108 Å². The molecule has 0 bridgehead atoms. The molecule has 2 heterocycles. The van der Waals surface area contributed by atoms with Crippen molar-refractivity contribution in [3.8, 4) is 10.4 Å². The van der Waals surface area contributed by atoms with E-state index in [4.69, 9.17) is 14.0 Å². The Balaban J connectivity index is 1.75. The van der Waals surface area contributed by atoms with E-state index in [1.54, 1.807) is 39.0 Å². The highest BCUT2D eigenvalue weighted by Gasteiger charge is 2.26. The fourth-order valence-electron chi connectivity index (χ4n) is 2.70. The van der Waals surface area contributed by atoms with Crippen molar-refractivity contribution >= 4 is 34.2 Å². The lowest BCUT2D eigenvalue weighted by Gasteiger charge is -2.04. The number of carbonyl (C=O) groups is 3. The second kappa shape index (κ2) is 9.36. The van der Waals surface area contributed by atoms with Gasteiger partial charge in [-0.1, -0.05) is 17.3 Å². The van der Waals surface area contributed by atoms with Crippen LogP contribution in [0.15, 0.2) is 40.9 Å². The first-order valence-electron chi connectivity index (χ1n) is 9.26. The van der Waals surface area contributed by atoms with Crippen molar-refractivity contribution in [2.24, 2.45) is 0 Å². The van der Waals surface area contributed by atoms with Crippen LogP contribution in [-0.4, -0.2) is 36.2 Å². The summed E-state index contributed by atoms with van der Waals surface area (Å²) in [6.45, 7) is 5.45. The zero-order chi connectivity index (χ0) is 21.7. The quantitative estimate of drug-likeness (QED) is 0.558. The van der Waals surface area contributed by atoms with Crippen molar-refractivity contribution in [2.75, 3.05) is 18.5 Å². The third kappa shape index (κ3) is 4.57. The smallest absolute Gasteiger partial charge is 0.361 e. The van der Waals surface area contributed by atoms with Crippen LogP contribution in [0.3, 0.4) is 0 Å². The van der Waals surface area contributed by atoms with Gasteiger partial charge in [-0.2, -0.15) is 0 Å². The number of carbonyl (C=O) groups excluding carboxylic acids is 3. The van der Waals surface area contributed by atoms with E-state index in [1.807, 2.05) is 18.2 Å². The highest BCUT2D eigenvalue weighted by Crippen LogP contribution is 2.32. The monoisotopic (exact) mass is 428 g/mol. The predicted octanol–water partition coefficient (Wildman–Crippen LogP) is 4.32. The summed E-state index contributed by atoms with van der Waals surface area (Å²) in [5.74, 6) is -1.37. The van der Waals surface area contributed by atoms with Crippen LogP contribution in [0, 0.1) is 6.92 Å². The Morgan fingerprint density at radius 2 is 1.67 bits per heavy atom. The van der Waals surface area contributed by atoms with Crippen LogP contribution in [0.4, 0.5) is 5.00 Å². The summed E-state index contributed by atoms with van der Waals surface area (Å²) in [5.41, 5.74) is 1.25. The number of nitrogens with zero attached hydrogens (tertiary/aromatic N) is 1. The van der Waals surface area contributed by atoms with E-state index in [-0.39, 0.29) is 29.6 Å². The molecule has 0 saturated heterocycles. The van der Waals surface area contributed by atoms with Gasteiger partial charge in [0.25, 0.3) is 5.91 Å². The number of aryl methyl sites for hydroxylation is 1. The second-order valence-electron chi connectivity index (χ2n) is 6.10. The summed E-state index contributed by atoms with van der Waals surface area (Å²) in [4.78, 5) is 37.3. The van der Waals surface area contributed by atoms with Gasteiger partial charge in [0.15, 0.2) is 0 Å². The lowest BCUT2D eigenvalue weighted by molar-refractivity contribution is 0.0507. The Hall–Kier alpha value is -3.46. The van der Waals surface area contributed by atoms with Gasteiger partial charge in [0.05, 0.1) is 23.8 Å². The molecule has 8 nitrogen and oxygen atoms in total. The number of ether oxygens (including phenoxy) is 2. The van der Waals surface area contributed by atoms with Crippen molar-refractivity contribution < 1.29 is 28.4 Å². The number of anilines is 1. The lowest BCUT2D eigenvalue weighted by atomic mass is 10.1. The summed E-state index contributed by atoms with van der Waals surface area (Å²) in [6, 6.07) is 10.6. The van der Waals surface area contributed by atoms with E-state index in [9.17, 15) is 14.4 Å². The molecule has 0 radical (unpaired) electrons. The summed E-state index contributed by atoms with van der Waals surface area (Å²) in [5, 5.41) is 6.98. The first kappa shape index (κ1) is 21.3.